The lowest BCUT2D eigenvalue weighted by molar-refractivity contribution is 0.104. The number of unbranched alkanes of at least 4 members (excludes halogenated alkanes) is 1. The van der Waals surface area contributed by atoms with Crippen LogP contribution in [0.25, 0.3) is 6.08 Å². The standard InChI is InChI=1S/C18H19ClN2O3/c1-3-4-9-21-18(19)14(12(2)20-21)6-7-15(22)13-5-8-16-17(10-13)24-11-23-16/h5-8,10H,3-4,9,11H2,1-2H3/b7-6+. The number of rotatable bonds is 6. The number of carbonyl (C=O) groups is 1. The molecule has 1 aliphatic rings. The van der Waals surface area contributed by atoms with Crippen molar-refractivity contribution in [1.82, 2.24) is 9.78 Å². The average molecular weight is 347 g/mol. The Morgan fingerprint density at radius 1 is 1.38 bits per heavy atom. The number of nitrogens with zero attached hydrogens (tertiary/aromatic N) is 2. The van der Waals surface area contributed by atoms with Crippen molar-refractivity contribution < 1.29 is 14.3 Å². The second kappa shape index (κ2) is 7.09. The number of benzene rings is 1. The largest absolute Gasteiger partial charge is 0.454 e. The summed E-state index contributed by atoms with van der Waals surface area (Å²) in [6, 6.07) is 5.15. The monoisotopic (exact) mass is 346 g/mol. The fraction of sp³-hybridized carbons (Fsp3) is 0.333. The van der Waals surface area contributed by atoms with Crippen molar-refractivity contribution in [2.75, 3.05) is 6.79 Å². The lowest BCUT2D eigenvalue weighted by Gasteiger charge is -2.01. The predicted octanol–water partition coefficient (Wildman–Crippen LogP) is 4.27. The van der Waals surface area contributed by atoms with Gasteiger partial charge in [-0.15, -0.1) is 0 Å². The summed E-state index contributed by atoms with van der Waals surface area (Å²) in [5.74, 6) is 1.13. The Kier molecular flexibility index (Phi) is 4.90. The molecule has 24 heavy (non-hydrogen) atoms. The molecule has 3 rings (SSSR count). The minimum Gasteiger partial charge on any atom is -0.454 e. The van der Waals surface area contributed by atoms with Crippen molar-refractivity contribution >= 4 is 23.5 Å². The van der Waals surface area contributed by atoms with Gasteiger partial charge in [0.15, 0.2) is 17.3 Å². The summed E-state index contributed by atoms with van der Waals surface area (Å²) in [6.07, 6.45) is 5.32. The van der Waals surface area contributed by atoms with Gasteiger partial charge in [-0.1, -0.05) is 24.9 Å². The molecule has 1 aromatic carbocycles. The fourth-order valence-electron chi connectivity index (χ4n) is 2.52. The molecule has 126 valence electrons. The molecule has 2 heterocycles. The second-order valence-electron chi connectivity index (χ2n) is 5.63. The molecule has 1 aliphatic heterocycles. The Morgan fingerprint density at radius 3 is 2.96 bits per heavy atom. The first-order valence-corrected chi connectivity index (χ1v) is 8.33. The van der Waals surface area contributed by atoms with Crippen LogP contribution in [0.1, 0.15) is 41.4 Å². The van der Waals surface area contributed by atoms with E-state index in [1.165, 1.54) is 6.08 Å². The number of ether oxygens (including phenoxy) is 2. The smallest absolute Gasteiger partial charge is 0.231 e. The average Bonchev–Trinajstić information content (AvgIpc) is 3.15. The topological polar surface area (TPSA) is 53.4 Å². The fourth-order valence-corrected chi connectivity index (χ4v) is 2.84. The molecule has 2 aromatic rings. The maximum Gasteiger partial charge on any atom is 0.231 e. The third-order valence-corrected chi connectivity index (χ3v) is 4.29. The van der Waals surface area contributed by atoms with Crippen LogP contribution in [0.2, 0.25) is 5.15 Å². The number of fused-ring (bicyclic) bond motifs is 1. The van der Waals surface area contributed by atoms with Gasteiger partial charge in [-0.3, -0.25) is 9.48 Å². The van der Waals surface area contributed by atoms with Gasteiger partial charge in [0.2, 0.25) is 6.79 Å². The van der Waals surface area contributed by atoms with Crippen LogP contribution in [0.3, 0.4) is 0 Å². The van der Waals surface area contributed by atoms with Crippen LogP contribution < -0.4 is 9.47 Å². The van der Waals surface area contributed by atoms with Crippen molar-refractivity contribution in [3.63, 3.8) is 0 Å². The molecule has 1 aromatic heterocycles. The van der Waals surface area contributed by atoms with Crippen molar-refractivity contribution in [2.45, 2.75) is 33.2 Å². The molecule has 0 radical (unpaired) electrons. The Morgan fingerprint density at radius 2 is 2.17 bits per heavy atom. The number of hydrogen-bond donors (Lipinski definition) is 0. The number of carbonyl (C=O) groups excluding carboxylic acids is 1. The molecule has 0 spiro atoms. The molecule has 6 heteroatoms. The van der Waals surface area contributed by atoms with Crippen LogP contribution >= 0.6 is 11.6 Å². The highest BCUT2D eigenvalue weighted by atomic mass is 35.5. The summed E-state index contributed by atoms with van der Waals surface area (Å²) < 4.78 is 12.3. The van der Waals surface area contributed by atoms with E-state index in [4.69, 9.17) is 21.1 Å². The minimum atomic E-state index is -0.120. The molecule has 0 saturated heterocycles. The number of aromatic nitrogens is 2. The van der Waals surface area contributed by atoms with Crippen molar-refractivity contribution in [2.24, 2.45) is 0 Å². The molecular weight excluding hydrogens is 328 g/mol. The van der Waals surface area contributed by atoms with E-state index >= 15 is 0 Å². The quantitative estimate of drug-likeness (QED) is 0.579. The van der Waals surface area contributed by atoms with E-state index in [0.717, 1.165) is 30.6 Å². The summed E-state index contributed by atoms with van der Waals surface area (Å²) in [7, 11) is 0. The molecule has 0 aliphatic carbocycles. The Labute approximate surface area is 145 Å². The van der Waals surface area contributed by atoms with Gasteiger partial charge in [0.05, 0.1) is 5.69 Å². The summed E-state index contributed by atoms with van der Waals surface area (Å²) >= 11 is 6.37. The first-order chi connectivity index (χ1) is 11.6. The molecule has 0 amide bonds. The summed E-state index contributed by atoms with van der Waals surface area (Å²) in [5, 5.41) is 5.00. The van der Waals surface area contributed by atoms with Gasteiger partial charge in [0.1, 0.15) is 5.15 Å². The van der Waals surface area contributed by atoms with Crippen LogP contribution in [-0.2, 0) is 6.54 Å². The van der Waals surface area contributed by atoms with Crippen molar-refractivity contribution in [3.05, 3.63) is 46.2 Å². The van der Waals surface area contributed by atoms with E-state index < -0.39 is 0 Å². The van der Waals surface area contributed by atoms with Gasteiger partial charge in [-0.25, -0.2) is 0 Å². The zero-order chi connectivity index (χ0) is 17.1. The van der Waals surface area contributed by atoms with E-state index in [1.54, 1.807) is 29.0 Å². The Hall–Kier alpha value is -2.27. The SMILES string of the molecule is CCCCn1nc(C)c(/C=C/C(=O)c2ccc3c(c2)OCO3)c1Cl. The molecule has 0 N–H and O–H groups in total. The maximum atomic E-state index is 12.4. The van der Waals surface area contributed by atoms with Gasteiger partial charge in [-0.2, -0.15) is 5.10 Å². The molecule has 0 unspecified atom stereocenters. The van der Waals surface area contributed by atoms with Gasteiger partial charge in [0.25, 0.3) is 0 Å². The van der Waals surface area contributed by atoms with E-state index in [0.29, 0.717) is 22.2 Å². The van der Waals surface area contributed by atoms with Crippen molar-refractivity contribution in [3.8, 4) is 11.5 Å². The van der Waals surface area contributed by atoms with E-state index in [2.05, 4.69) is 12.0 Å². The van der Waals surface area contributed by atoms with Gasteiger partial charge < -0.3 is 9.47 Å². The van der Waals surface area contributed by atoms with Crippen LogP contribution in [0, 0.1) is 6.92 Å². The molecule has 0 bridgehead atoms. The second-order valence-corrected chi connectivity index (χ2v) is 5.99. The number of ketones is 1. The predicted molar refractivity (Wildman–Crippen MR) is 92.8 cm³/mol. The van der Waals surface area contributed by atoms with Crippen molar-refractivity contribution in [1.29, 1.82) is 0 Å². The number of allylic oxidation sites excluding steroid dienone is 1. The Balaban J connectivity index is 1.78. The number of aryl methyl sites for hydroxylation is 2. The lowest BCUT2D eigenvalue weighted by atomic mass is 10.1. The highest BCUT2D eigenvalue weighted by Gasteiger charge is 2.16. The molecule has 5 nitrogen and oxygen atoms in total. The number of halogens is 1. The Bertz CT molecular complexity index is 796. The first-order valence-electron chi connectivity index (χ1n) is 7.95. The summed E-state index contributed by atoms with van der Waals surface area (Å²) in [5.41, 5.74) is 2.13. The zero-order valence-corrected chi connectivity index (χ0v) is 14.5. The van der Waals surface area contributed by atoms with Crippen LogP contribution in [0.5, 0.6) is 11.5 Å². The molecule has 0 fully saturated rings. The van der Waals surface area contributed by atoms with Gasteiger partial charge in [0, 0.05) is 17.7 Å². The van der Waals surface area contributed by atoms with Crippen LogP contribution in [0.15, 0.2) is 24.3 Å². The van der Waals surface area contributed by atoms with Gasteiger partial charge in [-0.05, 0) is 43.7 Å². The van der Waals surface area contributed by atoms with E-state index in [9.17, 15) is 4.79 Å². The molecule has 0 atom stereocenters. The molecular formula is C18H19ClN2O3. The molecule has 0 saturated carbocycles. The third kappa shape index (κ3) is 3.31. The van der Waals surface area contributed by atoms with Crippen LogP contribution in [-0.4, -0.2) is 22.4 Å². The zero-order valence-electron chi connectivity index (χ0n) is 13.7. The first kappa shape index (κ1) is 16.6. The normalized spacial score (nSPS) is 13.0. The summed E-state index contributed by atoms with van der Waals surface area (Å²) in [6.45, 7) is 4.98. The lowest BCUT2D eigenvalue weighted by Crippen LogP contribution is -1.99. The maximum absolute atomic E-state index is 12.4. The van der Waals surface area contributed by atoms with E-state index in [1.807, 2.05) is 6.92 Å². The minimum absolute atomic E-state index is 0.120. The summed E-state index contributed by atoms with van der Waals surface area (Å²) in [4.78, 5) is 12.4. The third-order valence-electron chi connectivity index (χ3n) is 3.89. The number of hydrogen-bond acceptors (Lipinski definition) is 4. The highest BCUT2D eigenvalue weighted by Crippen LogP contribution is 2.32. The highest BCUT2D eigenvalue weighted by molar-refractivity contribution is 6.31. The van der Waals surface area contributed by atoms with Gasteiger partial charge >= 0.3 is 0 Å². The van der Waals surface area contributed by atoms with E-state index in [-0.39, 0.29) is 12.6 Å². The van der Waals surface area contributed by atoms with Crippen LogP contribution in [0.4, 0.5) is 0 Å².